The summed E-state index contributed by atoms with van der Waals surface area (Å²) < 4.78 is 10.8. The zero-order chi connectivity index (χ0) is 25.1. The molecule has 0 heterocycles. The number of methoxy groups -OCH3 is 2. The lowest BCUT2D eigenvalue weighted by Crippen LogP contribution is -2.26. The van der Waals surface area contributed by atoms with Crippen molar-refractivity contribution in [2.45, 2.75) is 38.2 Å². The monoisotopic (exact) mass is 466 g/mol. The summed E-state index contributed by atoms with van der Waals surface area (Å²) in [6, 6.07) is 33.8. The fraction of sp³-hybridized carbons (Fsp3) is 0.250. The molecule has 0 aliphatic carbocycles. The lowest BCUT2D eigenvalue weighted by atomic mass is 9.70. The minimum Gasteiger partial charge on any atom is -0.497 e. The summed E-state index contributed by atoms with van der Waals surface area (Å²) >= 11 is 0. The first kappa shape index (κ1) is 24.6. The second-order valence-corrected chi connectivity index (χ2v) is 9.64. The Morgan fingerprint density at radius 1 is 0.514 bits per heavy atom. The van der Waals surface area contributed by atoms with E-state index in [1.54, 1.807) is 14.2 Å². The fourth-order valence-corrected chi connectivity index (χ4v) is 4.76. The van der Waals surface area contributed by atoms with E-state index in [-0.39, 0.29) is 17.4 Å². The van der Waals surface area contributed by atoms with Gasteiger partial charge in [0.05, 0.1) is 20.8 Å². The minimum absolute atomic E-state index is 0.0602. The predicted molar refractivity (Wildman–Crippen MR) is 142 cm³/mol. The molecule has 0 fully saturated rings. The summed E-state index contributed by atoms with van der Waals surface area (Å²) in [4.78, 5) is 0. The van der Waals surface area contributed by atoms with E-state index in [0.29, 0.717) is 0 Å². The molecule has 0 amide bonds. The molecule has 1 N–H and O–H groups in total. The third-order valence-electron chi connectivity index (χ3n) is 7.38. The van der Waals surface area contributed by atoms with Gasteiger partial charge >= 0.3 is 0 Å². The van der Waals surface area contributed by atoms with Crippen LogP contribution in [0.5, 0.6) is 11.5 Å². The molecule has 35 heavy (non-hydrogen) atoms. The highest BCUT2D eigenvalue weighted by atomic mass is 16.5. The van der Waals surface area contributed by atoms with Gasteiger partial charge in [0, 0.05) is 10.8 Å². The Kier molecular flexibility index (Phi) is 7.00. The second kappa shape index (κ2) is 9.97. The highest BCUT2D eigenvalue weighted by molar-refractivity contribution is 5.52. The van der Waals surface area contributed by atoms with Gasteiger partial charge in [0.15, 0.2) is 0 Å². The Labute approximate surface area is 209 Å². The SMILES string of the molecule is COc1ccc(C(C)(c2ccc(OC)cc2)c2ccc(C(C)(C)c3ccc(CO)cc3)cc2)cc1. The van der Waals surface area contributed by atoms with Gasteiger partial charge in [-0.1, -0.05) is 86.6 Å². The highest BCUT2D eigenvalue weighted by Gasteiger charge is 2.32. The number of hydrogen-bond acceptors (Lipinski definition) is 3. The van der Waals surface area contributed by atoms with Gasteiger partial charge in [-0.3, -0.25) is 0 Å². The predicted octanol–water partition coefficient (Wildman–Crippen LogP) is 6.88. The minimum atomic E-state index is -0.357. The van der Waals surface area contributed by atoms with Crippen molar-refractivity contribution in [2.24, 2.45) is 0 Å². The van der Waals surface area contributed by atoms with Gasteiger partial charge in [0.25, 0.3) is 0 Å². The summed E-state index contributed by atoms with van der Waals surface area (Å²) in [5, 5.41) is 9.39. The third-order valence-corrected chi connectivity index (χ3v) is 7.38. The molecule has 0 bridgehead atoms. The maximum absolute atomic E-state index is 9.39. The van der Waals surface area contributed by atoms with Crippen LogP contribution < -0.4 is 9.47 Å². The van der Waals surface area contributed by atoms with E-state index in [4.69, 9.17) is 9.47 Å². The number of aliphatic hydroxyl groups excluding tert-OH is 1. The molecule has 0 saturated heterocycles. The van der Waals surface area contributed by atoms with Gasteiger partial charge in [-0.15, -0.1) is 0 Å². The Morgan fingerprint density at radius 2 is 0.829 bits per heavy atom. The van der Waals surface area contributed by atoms with Crippen molar-refractivity contribution in [3.05, 3.63) is 130 Å². The first-order valence-corrected chi connectivity index (χ1v) is 11.9. The van der Waals surface area contributed by atoms with Crippen LogP contribution in [-0.4, -0.2) is 19.3 Å². The molecule has 3 heteroatoms. The summed E-state index contributed by atoms with van der Waals surface area (Å²) in [7, 11) is 3.38. The van der Waals surface area contributed by atoms with Crippen molar-refractivity contribution in [2.75, 3.05) is 14.2 Å². The smallest absolute Gasteiger partial charge is 0.118 e. The first-order valence-electron chi connectivity index (χ1n) is 11.9. The van der Waals surface area contributed by atoms with Crippen LogP contribution >= 0.6 is 0 Å². The molecular formula is C32H34O3. The quantitative estimate of drug-likeness (QED) is 0.288. The van der Waals surface area contributed by atoms with E-state index in [1.165, 1.54) is 27.8 Å². The van der Waals surface area contributed by atoms with Gasteiger partial charge in [-0.25, -0.2) is 0 Å². The van der Waals surface area contributed by atoms with Gasteiger partial charge < -0.3 is 14.6 Å². The number of benzene rings is 4. The number of rotatable bonds is 8. The zero-order valence-corrected chi connectivity index (χ0v) is 21.2. The molecule has 0 spiro atoms. The van der Waals surface area contributed by atoms with E-state index < -0.39 is 0 Å². The average molecular weight is 467 g/mol. The van der Waals surface area contributed by atoms with E-state index in [1.807, 2.05) is 36.4 Å². The standard InChI is InChI=1S/C32H34O3/c1-31(2,24-8-6-23(22-33)7-9-24)25-10-12-26(13-11-25)32(3,27-14-18-29(34-4)19-15-27)28-16-20-30(35-5)21-17-28/h6-21,33H,22H2,1-5H3. The topological polar surface area (TPSA) is 38.7 Å². The summed E-state index contributed by atoms with van der Waals surface area (Å²) in [6.07, 6.45) is 0. The molecule has 180 valence electrons. The molecule has 0 atom stereocenters. The van der Waals surface area contributed by atoms with Crippen LogP contribution in [0.3, 0.4) is 0 Å². The largest absolute Gasteiger partial charge is 0.497 e. The normalized spacial score (nSPS) is 11.8. The van der Waals surface area contributed by atoms with Crippen LogP contribution in [0, 0.1) is 0 Å². The van der Waals surface area contributed by atoms with Crippen LogP contribution in [0.25, 0.3) is 0 Å². The highest BCUT2D eigenvalue weighted by Crippen LogP contribution is 2.41. The van der Waals surface area contributed by atoms with Gasteiger partial charge in [-0.05, 0) is 64.6 Å². The molecule has 0 radical (unpaired) electrons. The average Bonchev–Trinajstić information content (AvgIpc) is 2.92. The molecule has 3 nitrogen and oxygen atoms in total. The van der Waals surface area contributed by atoms with Gasteiger partial charge in [-0.2, -0.15) is 0 Å². The van der Waals surface area contributed by atoms with Gasteiger partial charge in [0.2, 0.25) is 0 Å². The third kappa shape index (κ3) is 4.69. The molecule has 0 aliphatic rings. The van der Waals surface area contributed by atoms with Crippen molar-refractivity contribution in [3.63, 3.8) is 0 Å². The van der Waals surface area contributed by atoms with Crippen LogP contribution in [0.15, 0.2) is 97.1 Å². The number of aliphatic hydroxyl groups is 1. The van der Waals surface area contributed by atoms with E-state index in [2.05, 4.69) is 81.4 Å². The molecule has 0 unspecified atom stereocenters. The molecule has 0 aliphatic heterocycles. The van der Waals surface area contributed by atoms with Crippen molar-refractivity contribution >= 4 is 0 Å². The Balaban J connectivity index is 1.77. The molecule has 0 saturated carbocycles. The zero-order valence-electron chi connectivity index (χ0n) is 21.2. The Morgan fingerprint density at radius 3 is 1.17 bits per heavy atom. The Hall–Kier alpha value is -3.56. The number of hydrogen-bond donors (Lipinski definition) is 1. The summed E-state index contributed by atoms with van der Waals surface area (Å²) in [5.74, 6) is 1.69. The van der Waals surface area contributed by atoms with Gasteiger partial charge in [0.1, 0.15) is 11.5 Å². The molecule has 4 aromatic carbocycles. The lowest BCUT2D eigenvalue weighted by Gasteiger charge is -2.33. The van der Waals surface area contributed by atoms with E-state index in [0.717, 1.165) is 17.1 Å². The van der Waals surface area contributed by atoms with Crippen molar-refractivity contribution in [3.8, 4) is 11.5 Å². The summed E-state index contributed by atoms with van der Waals surface area (Å²) in [6.45, 7) is 6.80. The van der Waals surface area contributed by atoms with Crippen molar-refractivity contribution < 1.29 is 14.6 Å². The first-order chi connectivity index (χ1) is 16.8. The molecule has 4 aromatic rings. The van der Waals surface area contributed by atoms with Crippen LogP contribution in [0.1, 0.15) is 54.2 Å². The van der Waals surface area contributed by atoms with Crippen LogP contribution in [-0.2, 0) is 17.4 Å². The maximum atomic E-state index is 9.39. The van der Waals surface area contributed by atoms with Crippen molar-refractivity contribution in [1.29, 1.82) is 0 Å². The van der Waals surface area contributed by atoms with E-state index >= 15 is 0 Å². The maximum Gasteiger partial charge on any atom is 0.118 e. The molecule has 4 rings (SSSR count). The number of ether oxygens (including phenoxy) is 2. The van der Waals surface area contributed by atoms with Crippen LogP contribution in [0.4, 0.5) is 0 Å². The second-order valence-electron chi connectivity index (χ2n) is 9.64. The van der Waals surface area contributed by atoms with Crippen molar-refractivity contribution in [1.82, 2.24) is 0 Å². The fourth-order valence-electron chi connectivity index (χ4n) is 4.76. The molecule has 0 aromatic heterocycles. The van der Waals surface area contributed by atoms with E-state index in [9.17, 15) is 5.11 Å². The Bertz CT molecular complexity index is 1190. The lowest BCUT2D eigenvalue weighted by molar-refractivity contribution is 0.282. The summed E-state index contributed by atoms with van der Waals surface area (Å²) in [5.41, 5.74) is 6.45. The van der Waals surface area contributed by atoms with Crippen LogP contribution in [0.2, 0.25) is 0 Å². The molecular weight excluding hydrogens is 432 g/mol.